The summed E-state index contributed by atoms with van der Waals surface area (Å²) in [5, 5.41) is 9.34. The first-order valence-corrected chi connectivity index (χ1v) is 10.4. The van der Waals surface area contributed by atoms with Crippen LogP contribution in [0, 0.1) is 5.92 Å². The molecule has 1 aromatic rings. The first kappa shape index (κ1) is 20.7. The average Bonchev–Trinajstić information content (AvgIpc) is 3.21. The predicted molar refractivity (Wildman–Crippen MR) is 105 cm³/mol. The van der Waals surface area contributed by atoms with Gasteiger partial charge in [-0.15, -0.1) is 11.8 Å². The van der Waals surface area contributed by atoms with E-state index in [-0.39, 0.29) is 35.1 Å². The number of thioether (sulfide) groups is 1. The lowest BCUT2D eigenvalue weighted by Crippen LogP contribution is -2.74. The maximum Gasteiger partial charge on any atom is 0.327 e. The molecule has 3 heterocycles. The quantitative estimate of drug-likeness (QED) is 0.610. The van der Waals surface area contributed by atoms with Gasteiger partial charge in [0, 0.05) is 14.1 Å². The van der Waals surface area contributed by atoms with Crippen LogP contribution in [-0.4, -0.2) is 65.2 Å². The van der Waals surface area contributed by atoms with E-state index in [1.807, 2.05) is 0 Å². The first-order chi connectivity index (χ1) is 13.4. The third kappa shape index (κ3) is 4.34. The van der Waals surface area contributed by atoms with Crippen LogP contribution in [0.5, 0.6) is 0 Å². The van der Waals surface area contributed by atoms with Gasteiger partial charge in [0.05, 0.1) is 42.2 Å². The van der Waals surface area contributed by atoms with E-state index in [1.54, 1.807) is 30.3 Å². The van der Waals surface area contributed by atoms with E-state index in [4.69, 9.17) is 4.42 Å². The van der Waals surface area contributed by atoms with E-state index >= 15 is 0 Å². The molecule has 28 heavy (non-hydrogen) atoms. The van der Waals surface area contributed by atoms with E-state index < -0.39 is 12.1 Å². The molecule has 0 bridgehead atoms. The lowest BCUT2D eigenvalue weighted by Gasteiger charge is -2.50. The van der Waals surface area contributed by atoms with Gasteiger partial charge in [-0.25, -0.2) is 4.79 Å². The van der Waals surface area contributed by atoms with E-state index in [0.29, 0.717) is 12.3 Å². The zero-order chi connectivity index (χ0) is 20.3. The summed E-state index contributed by atoms with van der Waals surface area (Å²) in [6, 6.07) is 3.24. The molecule has 0 aromatic carbocycles. The fourth-order valence-electron chi connectivity index (χ4n) is 3.54. The fourth-order valence-corrected chi connectivity index (χ4v) is 4.70. The number of imide groups is 1. The third-order valence-electron chi connectivity index (χ3n) is 5.04. The molecule has 0 aliphatic carbocycles. The Hall–Kier alpha value is -2.04. The van der Waals surface area contributed by atoms with Crippen molar-refractivity contribution in [2.45, 2.75) is 44.0 Å². The third-order valence-corrected chi connectivity index (χ3v) is 6.25. The molecule has 2 aliphatic rings. The highest BCUT2D eigenvalue weighted by atomic mass is 32.2. The molecule has 0 radical (unpaired) electrons. The number of carbonyl (C=O) groups is 3. The van der Waals surface area contributed by atoms with Crippen LogP contribution in [0.3, 0.4) is 0 Å². The van der Waals surface area contributed by atoms with Crippen molar-refractivity contribution < 1.29 is 18.8 Å². The number of hydrogen-bond donors (Lipinski definition) is 3. The number of amides is 4. The Kier molecular flexibility index (Phi) is 6.63. The molecule has 10 heteroatoms. The van der Waals surface area contributed by atoms with Crippen LogP contribution in [0.1, 0.15) is 25.5 Å². The second-order valence-corrected chi connectivity index (χ2v) is 8.15. The van der Waals surface area contributed by atoms with Crippen molar-refractivity contribution in [1.29, 1.82) is 0 Å². The smallest absolute Gasteiger partial charge is 0.327 e. The highest BCUT2D eigenvalue weighted by molar-refractivity contribution is 8.00. The van der Waals surface area contributed by atoms with Crippen molar-refractivity contribution in [3.05, 3.63) is 24.2 Å². The van der Waals surface area contributed by atoms with Gasteiger partial charge in [-0.2, -0.15) is 0 Å². The van der Waals surface area contributed by atoms with Gasteiger partial charge in [0.15, 0.2) is 0 Å². The molecular weight excluding hydrogens is 382 g/mol. The molecule has 4 atom stereocenters. The zero-order valence-electron chi connectivity index (χ0n) is 16.3. The van der Waals surface area contributed by atoms with Crippen molar-refractivity contribution in [1.82, 2.24) is 25.8 Å². The highest BCUT2D eigenvalue weighted by Gasteiger charge is 2.50. The minimum Gasteiger partial charge on any atom is -0.467 e. The highest BCUT2D eigenvalue weighted by Crippen LogP contribution is 2.31. The van der Waals surface area contributed by atoms with Crippen LogP contribution in [-0.2, 0) is 16.1 Å². The maximum atomic E-state index is 12.8. The molecule has 1 aromatic heterocycles. The number of carbonyl (C=O) groups excluding carboxylic acids is 3. The molecule has 0 spiro atoms. The molecule has 9 nitrogen and oxygen atoms in total. The number of nitrogens with zero attached hydrogens (tertiary/aromatic N) is 2. The van der Waals surface area contributed by atoms with E-state index in [9.17, 15) is 14.4 Å². The topological polar surface area (TPSA) is 107 Å². The van der Waals surface area contributed by atoms with Crippen molar-refractivity contribution >= 4 is 29.6 Å². The van der Waals surface area contributed by atoms with Gasteiger partial charge in [-0.05, 0) is 18.6 Å². The number of hydrogen-bond acceptors (Lipinski definition) is 7. The van der Waals surface area contributed by atoms with Gasteiger partial charge in [0.25, 0.3) is 0 Å². The van der Waals surface area contributed by atoms with Crippen molar-refractivity contribution in [2.24, 2.45) is 5.92 Å². The van der Waals surface area contributed by atoms with Crippen LogP contribution >= 0.6 is 11.8 Å². The summed E-state index contributed by atoms with van der Waals surface area (Å²) in [6.07, 6.45) is 2.96. The molecule has 4 unspecified atom stereocenters. The number of rotatable bonds is 7. The number of nitrogens with one attached hydrogen (secondary N) is 3. The van der Waals surface area contributed by atoms with Crippen LogP contribution < -0.4 is 16.0 Å². The number of urea groups is 1. The normalized spacial score (nSPS) is 27.7. The van der Waals surface area contributed by atoms with Gasteiger partial charge in [-0.3, -0.25) is 25.1 Å². The van der Waals surface area contributed by atoms with Crippen LogP contribution in [0.2, 0.25) is 0 Å². The summed E-state index contributed by atoms with van der Waals surface area (Å²) in [7, 11) is 3.19. The molecule has 2 saturated heterocycles. The van der Waals surface area contributed by atoms with Gasteiger partial charge < -0.3 is 14.6 Å². The van der Waals surface area contributed by atoms with Gasteiger partial charge in [0.1, 0.15) is 5.76 Å². The standard InChI is InChI=1S/C18H27N5O4S/c1-4-6-12-20-15-14(17(25)23(3)18(26)22(15)2)16(21-12)28-10-13(24)19-9-11-7-5-8-27-11/h5,7-8,12,14-16,20-21H,4,6,9-10H2,1-3H3,(H,19,24). The Balaban J connectivity index is 1.65. The first-order valence-electron chi connectivity index (χ1n) is 9.39. The second-order valence-electron chi connectivity index (χ2n) is 7.02. The Bertz CT molecular complexity index is 713. The van der Waals surface area contributed by atoms with Crippen molar-refractivity contribution in [3.8, 4) is 0 Å². The van der Waals surface area contributed by atoms with Crippen LogP contribution in [0.4, 0.5) is 4.79 Å². The fraction of sp³-hybridized carbons (Fsp3) is 0.611. The van der Waals surface area contributed by atoms with Crippen LogP contribution in [0.25, 0.3) is 0 Å². The van der Waals surface area contributed by atoms with E-state index in [2.05, 4.69) is 22.9 Å². The van der Waals surface area contributed by atoms with Crippen LogP contribution in [0.15, 0.2) is 22.8 Å². The van der Waals surface area contributed by atoms with Gasteiger partial charge in [-0.1, -0.05) is 13.3 Å². The van der Waals surface area contributed by atoms with Gasteiger partial charge >= 0.3 is 6.03 Å². The van der Waals surface area contributed by atoms with Gasteiger partial charge in [0.2, 0.25) is 11.8 Å². The minimum atomic E-state index is -0.469. The maximum absolute atomic E-state index is 12.8. The molecule has 154 valence electrons. The second kappa shape index (κ2) is 8.97. The average molecular weight is 410 g/mol. The minimum absolute atomic E-state index is 0.0265. The zero-order valence-corrected chi connectivity index (χ0v) is 17.1. The molecule has 0 saturated carbocycles. The summed E-state index contributed by atoms with van der Waals surface area (Å²) < 4.78 is 5.21. The molecule has 4 amide bonds. The molecule has 2 fully saturated rings. The summed E-state index contributed by atoms with van der Waals surface area (Å²) >= 11 is 1.39. The lowest BCUT2D eigenvalue weighted by atomic mass is 9.96. The summed E-state index contributed by atoms with van der Waals surface area (Å²) in [4.78, 5) is 40.1. The van der Waals surface area contributed by atoms with Crippen molar-refractivity contribution in [3.63, 3.8) is 0 Å². The van der Waals surface area contributed by atoms with E-state index in [1.165, 1.54) is 18.8 Å². The molecule has 3 N–H and O–H groups in total. The predicted octanol–water partition coefficient (Wildman–Crippen LogP) is 0.740. The largest absolute Gasteiger partial charge is 0.467 e. The molecule has 2 aliphatic heterocycles. The van der Waals surface area contributed by atoms with Crippen molar-refractivity contribution in [2.75, 3.05) is 19.8 Å². The lowest BCUT2D eigenvalue weighted by molar-refractivity contribution is -0.140. The summed E-state index contributed by atoms with van der Waals surface area (Å²) in [5.41, 5.74) is 0. The number of furan rings is 1. The summed E-state index contributed by atoms with van der Waals surface area (Å²) in [5.74, 6) is 0.0481. The SMILES string of the molecule is CCCC1NC(SCC(=O)NCc2ccco2)C2C(=O)N(C)C(=O)N(C)C2N1. The Labute approximate surface area is 168 Å². The Morgan fingerprint density at radius 3 is 2.79 bits per heavy atom. The number of fused-ring (bicyclic) bond motifs is 1. The Morgan fingerprint density at radius 1 is 1.32 bits per heavy atom. The monoisotopic (exact) mass is 409 g/mol. The van der Waals surface area contributed by atoms with E-state index in [0.717, 1.165) is 17.7 Å². The molecule has 3 rings (SSSR count). The summed E-state index contributed by atoms with van der Waals surface area (Å²) in [6.45, 7) is 2.41. The molecular formula is C18H27N5O4S. The Morgan fingerprint density at radius 2 is 2.11 bits per heavy atom.